The summed E-state index contributed by atoms with van der Waals surface area (Å²) in [4.78, 5) is 30.9. The van der Waals surface area contributed by atoms with Crippen LogP contribution >= 0.6 is 0 Å². The second-order valence-corrected chi connectivity index (χ2v) is 8.20. The van der Waals surface area contributed by atoms with Crippen molar-refractivity contribution in [1.29, 1.82) is 5.26 Å². The minimum atomic E-state index is -1.39. The fourth-order valence-electron chi connectivity index (χ4n) is 4.88. The Balaban J connectivity index is 1.68. The fraction of sp³-hybridized carbons (Fsp3) is 0.360. The van der Waals surface area contributed by atoms with E-state index in [1.54, 1.807) is 30.3 Å². The van der Waals surface area contributed by atoms with Gasteiger partial charge in [0.2, 0.25) is 5.91 Å². The van der Waals surface area contributed by atoms with Crippen LogP contribution in [0.3, 0.4) is 0 Å². The number of aliphatic hydroxyl groups excluding tert-OH is 1. The molecule has 0 spiro atoms. The Labute approximate surface area is 181 Å². The Bertz CT molecular complexity index is 1030. The molecule has 0 unspecified atom stereocenters. The van der Waals surface area contributed by atoms with Crippen LogP contribution in [-0.4, -0.2) is 35.3 Å². The van der Waals surface area contributed by atoms with E-state index in [-0.39, 0.29) is 11.6 Å². The molecule has 4 atom stereocenters. The second-order valence-electron chi connectivity index (χ2n) is 8.20. The van der Waals surface area contributed by atoms with Gasteiger partial charge in [-0.05, 0) is 24.8 Å². The van der Waals surface area contributed by atoms with Gasteiger partial charge in [0.15, 0.2) is 5.78 Å². The summed E-state index contributed by atoms with van der Waals surface area (Å²) in [5.74, 6) is -2.20. The smallest absolute Gasteiger partial charge is 0.236 e. The molecule has 0 radical (unpaired) electrons. The van der Waals surface area contributed by atoms with E-state index < -0.39 is 29.3 Å². The number of piperidine rings is 1. The number of carbonyl (C=O) groups excluding carboxylic acids is 2. The molecule has 1 saturated carbocycles. The van der Waals surface area contributed by atoms with E-state index in [0.717, 1.165) is 5.56 Å². The minimum Gasteiger partial charge on any atom is -0.391 e. The number of fused-ring (bicyclic) bond motifs is 1. The number of rotatable bonds is 5. The van der Waals surface area contributed by atoms with Crippen LogP contribution in [0.1, 0.15) is 35.2 Å². The summed E-state index contributed by atoms with van der Waals surface area (Å²) < 4.78 is 0. The summed E-state index contributed by atoms with van der Waals surface area (Å²) in [7, 11) is 0. The molecule has 1 aliphatic carbocycles. The van der Waals surface area contributed by atoms with E-state index in [1.165, 1.54) is 0 Å². The summed E-state index contributed by atoms with van der Waals surface area (Å²) in [6.07, 6.45) is 1.26. The van der Waals surface area contributed by atoms with E-state index >= 15 is 0 Å². The Morgan fingerprint density at radius 1 is 1.13 bits per heavy atom. The van der Waals surface area contributed by atoms with Gasteiger partial charge in [0.05, 0.1) is 12.2 Å². The van der Waals surface area contributed by atoms with Gasteiger partial charge in [-0.1, -0.05) is 67.1 Å². The summed E-state index contributed by atoms with van der Waals surface area (Å²) in [5, 5.41) is 23.9. The Morgan fingerprint density at radius 3 is 2.48 bits per heavy atom. The maximum absolute atomic E-state index is 13.2. The molecule has 1 amide bonds. The molecule has 2 fully saturated rings. The highest BCUT2D eigenvalue weighted by Gasteiger charge is 2.60. The SMILES string of the molecule is N#C[C@]12C(=NCCc3ccccc3)NC(=O)[C@@H](C(=O)c3ccccc3)[C@@H]1CCC[C@@H]2O. The number of aliphatic imine (C=N–C) groups is 1. The fourth-order valence-corrected chi connectivity index (χ4v) is 4.88. The lowest BCUT2D eigenvalue weighted by Crippen LogP contribution is -2.65. The van der Waals surface area contributed by atoms with Crippen LogP contribution in [0.5, 0.6) is 0 Å². The molecule has 0 bridgehead atoms. The lowest BCUT2D eigenvalue weighted by atomic mass is 9.57. The molecular formula is C25H25N3O3. The van der Waals surface area contributed by atoms with Crippen molar-refractivity contribution in [3.05, 3.63) is 71.8 Å². The van der Waals surface area contributed by atoms with E-state index in [4.69, 9.17) is 0 Å². The number of ketones is 1. The van der Waals surface area contributed by atoms with Gasteiger partial charge >= 0.3 is 0 Å². The summed E-state index contributed by atoms with van der Waals surface area (Å²) in [5.41, 5.74) is 0.134. The van der Waals surface area contributed by atoms with Crippen molar-refractivity contribution in [2.24, 2.45) is 22.2 Å². The highest BCUT2D eigenvalue weighted by atomic mass is 16.3. The van der Waals surface area contributed by atoms with Crippen molar-refractivity contribution in [1.82, 2.24) is 5.32 Å². The van der Waals surface area contributed by atoms with Gasteiger partial charge in [-0.25, -0.2) is 0 Å². The zero-order chi connectivity index (χ0) is 21.8. The number of hydrogen-bond acceptors (Lipinski definition) is 5. The van der Waals surface area contributed by atoms with Crippen molar-refractivity contribution >= 4 is 17.5 Å². The summed E-state index contributed by atoms with van der Waals surface area (Å²) in [6.45, 7) is 0.375. The van der Waals surface area contributed by atoms with Gasteiger partial charge in [-0.3, -0.25) is 14.6 Å². The molecule has 1 aliphatic heterocycles. The van der Waals surface area contributed by atoms with Crippen LogP contribution < -0.4 is 5.32 Å². The number of aliphatic hydroxyl groups is 1. The van der Waals surface area contributed by atoms with E-state index in [1.807, 2.05) is 30.3 Å². The maximum Gasteiger partial charge on any atom is 0.236 e. The van der Waals surface area contributed by atoms with Gasteiger partial charge in [0.25, 0.3) is 0 Å². The van der Waals surface area contributed by atoms with Crippen LogP contribution in [-0.2, 0) is 11.2 Å². The normalized spacial score (nSPS) is 29.0. The number of amidine groups is 1. The van der Waals surface area contributed by atoms with Crippen molar-refractivity contribution in [3.8, 4) is 6.07 Å². The zero-order valence-electron chi connectivity index (χ0n) is 17.2. The Kier molecular flexibility index (Phi) is 5.97. The first-order valence-corrected chi connectivity index (χ1v) is 10.7. The zero-order valence-corrected chi connectivity index (χ0v) is 17.2. The van der Waals surface area contributed by atoms with Gasteiger partial charge in [-0.2, -0.15) is 5.26 Å². The van der Waals surface area contributed by atoms with Crippen molar-refractivity contribution < 1.29 is 14.7 Å². The molecule has 158 valence electrons. The summed E-state index contributed by atoms with van der Waals surface area (Å²) in [6, 6.07) is 20.7. The first-order valence-electron chi connectivity index (χ1n) is 10.7. The molecule has 2 aliphatic rings. The predicted molar refractivity (Wildman–Crippen MR) is 116 cm³/mol. The summed E-state index contributed by atoms with van der Waals surface area (Å²) >= 11 is 0. The first-order chi connectivity index (χ1) is 15.1. The monoisotopic (exact) mass is 415 g/mol. The average Bonchev–Trinajstić information content (AvgIpc) is 2.80. The van der Waals surface area contributed by atoms with Crippen molar-refractivity contribution in [2.45, 2.75) is 31.8 Å². The van der Waals surface area contributed by atoms with E-state index in [0.29, 0.717) is 37.8 Å². The number of benzene rings is 2. The molecule has 0 aromatic heterocycles. The molecule has 1 saturated heterocycles. The Hall–Kier alpha value is -3.30. The molecule has 2 N–H and O–H groups in total. The standard InChI is InChI=1S/C25H25N3O3/c26-16-25-19(12-7-13-20(25)29)21(22(30)18-10-5-2-6-11-18)23(31)28-24(25)27-15-14-17-8-3-1-4-9-17/h1-6,8-11,19-21,29H,7,12-15H2,(H,27,28,31)/t19-,20-,21+,25-/m0/s1. The number of carbonyl (C=O) groups is 2. The molecule has 31 heavy (non-hydrogen) atoms. The predicted octanol–water partition coefficient (Wildman–Crippen LogP) is 2.93. The number of nitrogens with zero attached hydrogens (tertiary/aromatic N) is 2. The molecule has 4 rings (SSSR count). The topological polar surface area (TPSA) is 103 Å². The van der Waals surface area contributed by atoms with Crippen LogP contribution in [0, 0.1) is 28.6 Å². The molecule has 6 heteroatoms. The van der Waals surface area contributed by atoms with Crippen molar-refractivity contribution in [3.63, 3.8) is 0 Å². The third kappa shape index (κ3) is 3.77. The maximum atomic E-state index is 13.2. The van der Waals surface area contributed by atoms with E-state index in [2.05, 4.69) is 16.4 Å². The molecule has 2 aromatic carbocycles. The van der Waals surface area contributed by atoms with E-state index in [9.17, 15) is 20.0 Å². The third-order valence-corrected chi connectivity index (χ3v) is 6.46. The molecule has 2 aromatic rings. The van der Waals surface area contributed by atoms with Crippen molar-refractivity contribution in [2.75, 3.05) is 6.54 Å². The largest absolute Gasteiger partial charge is 0.391 e. The van der Waals surface area contributed by atoms with Crippen LogP contribution in [0.4, 0.5) is 0 Å². The quantitative estimate of drug-likeness (QED) is 0.579. The molecular weight excluding hydrogens is 390 g/mol. The van der Waals surface area contributed by atoms with Gasteiger partial charge in [0, 0.05) is 18.0 Å². The number of nitrogens with one attached hydrogen (secondary N) is 1. The first kappa shape index (κ1) is 21.0. The molecule has 6 nitrogen and oxygen atoms in total. The number of hydrogen-bond donors (Lipinski definition) is 2. The number of amides is 1. The average molecular weight is 415 g/mol. The molecule has 1 heterocycles. The number of Topliss-reactive ketones (excluding diaryl/α,β-unsaturated/α-hetero) is 1. The van der Waals surface area contributed by atoms with Gasteiger partial charge in [0.1, 0.15) is 17.2 Å². The lowest BCUT2D eigenvalue weighted by molar-refractivity contribution is -0.128. The van der Waals surface area contributed by atoms with Crippen LogP contribution in [0.2, 0.25) is 0 Å². The highest BCUT2D eigenvalue weighted by molar-refractivity contribution is 6.17. The van der Waals surface area contributed by atoms with Gasteiger partial charge in [-0.15, -0.1) is 0 Å². The van der Waals surface area contributed by atoms with Gasteiger partial charge < -0.3 is 10.4 Å². The van der Waals surface area contributed by atoms with Crippen LogP contribution in [0.25, 0.3) is 0 Å². The Morgan fingerprint density at radius 2 is 1.81 bits per heavy atom. The third-order valence-electron chi connectivity index (χ3n) is 6.46. The highest BCUT2D eigenvalue weighted by Crippen LogP contribution is 2.48. The lowest BCUT2D eigenvalue weighted by Gasteiger charge is -2.48. The second kappa shape index (κ2) is 8.83. The number of nitriles is 1. The van der Waals surface area contributed by atoms with Crippen LogP contribution in [0.15, 0.2) is 65.7 Å². The minimum absolute atomic E-state index is 0.199.